The number of rotatable bonds is 6. The number of nitrogens with one attached hydrogen (secondary N) is 1. The SMILES string of the molecule is O=C(NN=Cc1ccc(C#CCCCc2ccccc2)cc1)c1ccc(O)c(Cl)c1. The molecule has 0 unspecified atom stereocenters. The average molecular weight is 417 g/mol. The van der Waals surface area contributed by atoms with Gasteiger partial charge in [0.25, 0.3) is 5.91 Å². The Balaban J connectivity index is 1.46. The van der Waals surface area contributed by atoms with E-state index in [0.717, 1.165) is 30.4 Å². The second kappa shape index (κ2) is 10.8. The summed E-state index contributed by atoms with van der Waals surface area (Å²) in [7, 11) is 0. The summed E-state index contributed by atoms with van der Waals surface area (Å²) in [5.41, 5.74) is 5.86. The van der Waals surface area contributed by atoms with Crippen molar-refractivity contribution in [2.75, 3.05) is 0 Å². The zero-order chi connectivity index (χ0) is 21.2. The Hall–Kier alpha value is -3.55. The highest BCUT2D eigenvalue weighted by atomic mass is 35.5. The molecule has 3 rings (SSSR count). The van der Waals surface area contributed by atoms with Gasteiger partial charge in [-0.3, -0.25) is 4.79 Å². The highest BCUT2D eigenvalue weighted by Gasteiger charge is 2.07. The number of hydrogen-bond acceptors (Lipinski definition) is 3. The number of hydrazone groups is 1. The van der Waals surface area contributed by atoms with Crippen molar-refractivity contribution >= 4 is 23.7 Å². The molecule has 2 N–H and O–H groups in total. The Kier molecular flexibility index (Phi) is 7.65. The molecule has 0 radical (unpaired) electrons. The van der Waals surface area contributed by atoms with Crippen molar-refractivity contribution < 1.29 is 9.90 Å². The number of phenols is 1. The van der Waals surface area contributed by atoms with Crippen LogP contribution < -0.4 is 5.43 Å². The second-order valence-corrected chi connectivity index (χ2v) is 7.04. The maximum atomic E-state index is 12.0. The van der Waals surface area contributed by atoms with Crippen molar-refractivity contribution in [3.05, 3.63) is 100 Å². The van der Waals surface area contributed by atoms with Gasteiger partial charge in [-0.15, -0.1) is 0 Å². The molecule has 0 fully saturated rings. The Morgan fingerprint density at radius 1 is 1.07 bits per heavy atom. The highest BCUT2D eigenvalue weighted by Crippen LogP contribution is 2.23. The van der Waals surface area contributed by atoms with Crippen molar-refractivity contribution in [1.29, 1.82) is 0 Å². The van der Waals surface area contributed by atoms with Crippen molar-refractivity contribution in [3.8, 4) is 17.6 Å². The Morgan fingerprint density at radius 2 is 1.83 bits per heavy atom. The van der Waals surface area contributed by atoms with Crippen LogP contribution in [0.15, 0.2) is 77.9 Å². The molecule has 30 heavy (non-hydrogen) atoms. The number of carbonyl (C=O) groups excluding carboxylic acids is 1. The summed E-state index contributed by atoms with van der Waals surface area (Å²) in [6.45, 7) is 0. The van der Waals surface area contributed by atoms with Gasteiger partial charge in [-0.1, -0.05) is 65.9 Å². The number of benzene rings is 3. The Bertz CT molecular complexity index is 1080. The number of aromatic hydroxyl groups is 1. The first kappa shape index (κ1) is 21.2. The number of hydrogen-bond donors (Lipinski definition) is 2. The lowest BCUT2D eigenvalue weighted by Crippen LogP contribution is -2.17. The molecule has 0 saturated carbocycles. The van der Waals surface area contributed by atoms with Crippen LogP contribution >= 0.6 is 11.6 Å². The van der Waals surface area contributed by atoms with Gasteiger partial charge < -0.3 is 5.11 Å². The first-order valence-electron chi connectivity index (χ1n) is 9.56. The molecule has 0 aliphatic rings. The van der Waals surface area contributed by atoms with E-state index in [2.05, 4.69) is 46.6 Å². The maximum absolute atomic E-state index is 12.0. The normalized spacial score (nSPS) is 10.4. The molecule has 1 amide bonds. The number of carbonyl (C=O) groups is 1. The van der Waals surface area contributed by atoms with E-state index in [-0.39, 0.29) is 10.8 Å². The van der Waals surface area contributed by atoms with Gasteiger partial charge in [0.1, 0.15) is 5.75 Å². The first-order chi connectivity index (χ1) is 14.6. The molecular weight excluding hydrogens is 396 g/mol. The molecule has 0 bridgehead atoms. The van der Waals surface area contributed by atoms with Crippen LogP contribution in [-0.2, 0) is 6.42 Å². The van der Waals surface area contributed by atoms with Crippen molar-refractivity contribution in [2.45, 2.75) is 19.3 Å². The van der Waals surface area contributed by atoms with Gasteiger partial charge in [-0.05, 0) is 54.3 Å². The molecule has 3 aromatic carbocycles. The van der Waals surface area contributed by atoms with Crippen molar-refractivity contribution in [2.24, 2.45) is 5.10 Å². The number of nitrogens with zero attached hydrogens (tertiary/aromatic N) is 1. The van der Waals surface area contributed by atoms with Gasteiger partial charge >= 0.3 is 0 Å². The first-order valence-corrected chi connectivity index (χ1v) is 9.94. The zero-order valence-electron chi connectivity index (χ0n) is 16.3. The Labute approximate surface area is 181 Å². The minimum atomic E-state index is -0.411. The predicted molar refractivity (Wildman–Crippen MR) is 121 cm³/mol. The second-order valence-electron chi connectivity index (χ2n) is 6.63. The van der Waals surface area contributed by atoms with Gasteiger partial charge in [0.15, 0.2) is 0 Å². The van der Waals surface area contributed by atoms with Gasteiger partial charge in [0.2, 0.25) is 0 Å². The number of phenolic OH excluding ortho intramolecular Hbond substituents is 1. The monoisotopic (exact) mass is 416 g/mol. The molecule has 3 aromatic rings. The van der Waals surface area contributed by atoms with Crippen LogP contribution in [-0.4, -0.2) is 17.2 Å². The van der Waals surface area contributed by atoms with Crippen LogP contribution in [0.5, 0.6) is 5.75 Å². The molecule has 0 aromatic heterocycles. The van der Waals surface area contributed by atoms with Gasteiger partial charge in [-0.25, -0.2) is 5.43 Å². The summed E-state index contributed by atoms with van der Waals surface area (Å²) in [6.07, 6.45) is 4.48. The molecule has 0 saturated heterocycles. The molecule has 0 spiro atoms. The van der Waals surface area contributed by atoms with E-state index >= 15 is 0 Å². The standard InChI is InChI=1S/C25H21ClN2O2/c26-23-17-22(15-16-24(23)29)25(30)28-27-18-21-13-11-20(12-14-21)10-6-2-5-9-19-7-3-1-4-8-19/h1,3-4,7-8,11-18,29H,2,5,9H2,(H,28,30). The van der Waals surface area contributed by atoms with E-state index in [1.165, 1.54) is 23.8 Å². The smallest absolute Gasteiger partial charge is 0.271 e. The van der Waals surface area contributed by atoms with Gasteiger partial charge in [0, 0.05) is 17.5 Å². The molecule has 0 aliphatic heterocycles. The van der Waals surface area contributed by atoms with Crippen LogP contribution in [0.1, 0.15) is 39.9 Å². The van der Waals surface area contributed by atoms with Crippen LogP contribution in [0.4, 0.5) is 0 Å². The van der Waals surface area contributed by atoms with Crippen molar-refractivity contribution in [1.82, 2.24) is 5.43 Å². The summed E-state index contributed by atoms with van der Waals surface area (Å²) in [6, 6.07) is 22.3. The molecule has 0 aliphatic carbocycles. The largest absolute Gasteiger partial charge is 0.506 e. The molecule has 4 nitrogen and oxygen atoms in total. The minimum absolute atomic E-state index is 0.0731. The van der Waals surface area contributed by atoms with E-state index in [4.69, 9.17) is 11.6 Å². The average Bonchev–Trinajstić information content (AvgIpc) is 2.77. The molecule has 5 heteroatoms. The maximum Gasteiger partial charge on any atom is 0.271 e. The summed E-state index contributed by atoms with van der Waals surface area (Å²) < 4.78 is 0. The Morgan fingerprint density at radius 3 is 2.57 bits per heavy atom. The summed E-state index contributed by atoms with van der Waals surface area (Å²) in [4.78, 5) is 12.0. The van der Waals surface area contributed by atoms with E-state index in [1.807, 2.05) is 30.3 Å². The highest BCUT2D eigenvalue weighted by molar-refractivity contribution is 6.32. The molecule has 150 valence electrons. The van der Waals surface area contributed by atoms with Crippen molar-refractivity contribution in [3.63, 3.8) is 0 Å². The lowest BCUT2D eigenvalue weighted by molar-refractivity contribution is 0.0955. The van der Waals surface area contributed by atoms with E-state index in [0.29, 0.717) is 5.56 Å². The van der Waals surface area contributed by atoms with Crippen LogP contribution in [0.3, 0.4) is 0 Å². The quantitative estimate of drug-likeness (QED) is 0.251. The number of unbranched alkanes of at least 4 members (excludes halogenated alkanes) is 1. The predicted octanol–water partition coefficient (Wildman–Crippen LogP) is 5.18. The van der Waals surface area contributed by atoms with Gasteiger partial charge in [-0.2, -0.15) is 5.10 Å². The number of aryl methyl sites for hydroxylation is 1. The molecule has 0 atom stereocenters. The minimum Gasteiger partial charge on any atom is -0.506 e. The number of amides is 1. The third-order valence-corrected chi connectivity index (χ3v) is 4.65. The summed E-state index contributed by atoms with van der Waals surface area (Å²) >= 11 is 5.80. The van der Waals surface area contributed by atoms with Crippen LogP contribution in [0.2, 0.25) is 5.02 Å². The van der Waals surface area contributed by atoms with Crippen LogP contribution in [0.25, 0.3) is 0 Å². The van der Waals surface area contributed by atoms with Crippen LogP contribution in [0, 0.1) is 11.8 Å². The van der Waals surface area contributed by atoms with E-state index < -0.39 is 5.91 Å². The molecule has 0 heterocycles. The fraction of sp³-hybridized carbons (Fsp3) is 0.120. The molecular formula is C25H21ClN2O2. The van der Waals surface area contributed by atoms with E-state index in [1.54, 1.807) is 6.21 Å². The lowest BCUT2D eigenvalue weighted by atomic mass is 10.1. The third kappa shape index (κ3) is 6.51. The summed E-state index contributed by atoms with van der Waals surface area (Å²) in [5.74, 6) is 5.89. The number of halogens is 1. The fourth-order valence-corrected chi connectivity index (χ4v) is 2.90. The topological polar surface area (TPSA) is 61.7 Å². The fourth-order valence-electron chi connectivity index (χ4n) is 2.72. The summed E-state index contributed by atoms with van der Waals surface area (Å²) in [5, 5.41) is 13.5. The third-order valence-electron chi connectivity index (χ3n) is 4.34. The zero-order valence-corrected chi connectivity index (χ0v) is 17.1. The van der Waals surface area contributed by atoms with E-state index in [9.17, 15) is 9.90 Å². The lowest BCUT2D eigenvalue weighted by Gasteiger charge is -2.02. The van der Waals surface area contributed by atoms with Gasteiger partial charge in [0.05, 0.1) is 11.2 Å².